The summed E-state index contributed by atoms with van der Waals surface area (Å²) in [7, 11) is -3.54. The highest BCUT2D eigenvalue weighted by atomic mass is 32.2. The van der Waals surface area contributed by atoms with E-state index in [-0.39, 0.29) is 17.0 Å². The van der Waals surface area contributed by atoms with E-state index in [1.807, 2.05) is 0 Å². The molecular formula is C10H14N2O3S. The quantitative estimate of drug-likeness (QED) is 0.767. The molecule has 0 aromatic carbocycles. The number of pyridine rings is 1. The Bertz CT molecular complexity index is 499. The molecular weight excluding hydrogens is 228 g/mol. The first-order valence-electron chi connectivity index (χ1n) is 4.82. The number of H-pyrrole nitrogens is 1. The third kappa shape index (κ3) is 2.59. The van der Waals surface area contributed by atoms with Crippen LogP contribution in [0.1, 0.15) is 6.92 Å². The number of rotatable bonds is 5. The lowest BCUT2D eigenvalue weighted by molar-refractivity contribution is 0.459. The SMILES string of the molecule is C=CCN(CC)S(=O)(=O)c1ccc(=O)[nH]c1. The van der Waals surface area contributed by atoms with Gasteiger partial charge in [-0.25, -0.2) is 8.42 Å². The molecule has 0 atom stereocenters. The number of likely N-dealkylation sites (N-methyl/N-ethyl adjacent to an activating group) is 1. The number of hydrogen-bond donors (Lipinski definition) is 1. The van der Waals surface area contributed by atoms with Crippen LogP contribution in [0, 0.1) is 0 Å². The number of sulfonamides is 1. The van der Waals surface area contributed by atoms with Gasteiger partial charge in [0.1, 0.15) is 0 Å². The third-order valence-electron chi connectivity index (χ3n) is 2.08. The van der Waals surface area contributed by atoms with Crippen molar-refractivity contribution in [1.29, 1.82) is 0 Å². The van der Waals surface area contributed by atoms with Crippen LogP contribution in [-0.2, 0) is 10.0 Å². The summed E-state index contributed by atoms with van der Waals surface area (Å²) in [6, 6.07) is 2.48. The predicted molar refractivity (Wildman–Crippen MR) is 61.7 cm³/mol. The topological polar surface area (TPSA) is 70.2 Å². The molecule has 1 N–H and O–H groups in total. The van der Waals surface area contributed by atoms with Gasteiger partial charge in [-0.3, -0.25) is 4.79 Å². The second kappa shape index (κ2) is 5.09. The van der Waals surface area contributed by atoms with E-state index in [1.165, 1.54) is 28.7 Å². The first-order valence-corrected chi connectivity index (χ1v) is 6.26. The van der Waals surface area contributed by atoms with Crippen LogP contribution in [0.2, 0.25) is 0 Å². The highest BCUT2D eigenvalue weighted by Crippen LogP contribution is 2.12. The maximum Gasteiger partial charge on any atom is 0.247 e. The average Bonchev–Trinajstić information content (AvgIpc) is 2.26. The Morgan fingerprint density at radius 2 is 2.19 bits per heavy atom. The second-order valence-corrected chi connectivity index (χ2v) is 5.07. The van der Waals surface area contributed by atoms with Gasteiger partial charge in [-0.1, -0.05) is 13.0 Å². The molecule has 0 aliphatic carbocycles. The molecule has 5 nitrogen and oxygen atoms in total. The zero-order chi connectivity index (χ0) is 12.2. The van der Waals surface area contributed by atoms with E-state index in [9.17, 15) is 13.2 Å². The van der Waals surface area contributed by atoms with Crippen molar-refractivity contribution < 1.29 is 8.42 Å². The lowest BCUT2D eigenvalue weighted by Crippen LogP contribution is -2.31. The van der Waals surface area contributed by atoms with Crippen molar-refractivity contribution in [2.45, 2.75) is 11.8 Å². The van der Waals surface area contributed by atoms with E-state index in [2.05, 4.69) is 11.6 Å². The lowest BCUT2D eigenvalue weighted by Gasteiger charge is -2.18. The molecule has 88 valence electrons. The minimum Gasteiger partial charge on any atom is -0.328 e. The Hall–Kier alpha value is -1.40. The van der Waals surface area contributed by atoms with Crippen LogP contribution in [-0.4, -0.2) is 30.8 Å². The van der Waals surface area contributed by atoms with Gasteiger partial charge >= 0.3 is 0 Å². The van der Waals surface area contributed by atoms with E-state index in [4.69, 9.17) is 0 Å². The third-order valence-corrected chi connectivity index (χ3v) is 4.02. The van der Waals surface area contributed by atoms with Crippen molar-refractivity contribution in [2.24, 2.45) is 0 Å². The van der Waals surface area contributed by atoms with Crippen LogP contribution in [0.4, 0.5) is 0 Å². The molecule has 0 bridgehead atoms. The molecule has 1 aromatic heterocycles. The molecule has 1 heterocycles. The van der Waals surface area contributed by atoms with E-state index in [0.717, 1.165) is 0 Å². The minimum atomic E-state index is -3.54. The Morgan fingerprint density at radius 1 is 1.50 bits per heavy atom. The van der Waals surface area contributed by atoms with Crippen molar-refractivity contribution in [2.75, 3.05) is 13.1 Å². The zero-order valence-electron chi connectivity index (χ0n) is 9.01. The highest BCUT2D eigenvalue weighted by Gasteiger charge is 2.21. The van der Waals surface area contributed by atoms with Crippen LogP contribution in [0.15, 0.2) is 40.7 Å². The van der Waals surface area contributed by atoms with E-state index >= 15 is 0 Å². The van der Waals surface area contributed by atoms with Crippen molar-refractivity contribution in [3.05, 3.63) is 41.3 Å². The first kappa shape index (κ1) is 12.7. The van der Waals surface area contributed by atoms with Gasteiger partial charge in [-0.15, -0.1) is 6.58 Å². The van der Waals surface area contributed by atoms with Crippen molar-refractivity contribution in [1.82, 2.24) is 9.29 Å². The number of aromatic amines is 1. The number of hydrogen-bond acceptors (Lipinski definition) is 3. The molecule has 0 fully saturated rings. The van der Waals surface area contributed by atoms with Gasteiger partial charge in [0.15, 0.2) is 0 Å². The van der Waals surface area contributed by atoms with Gasteiger partial charge in [0.2, 0.25) is 15.6 Å². The summed E-state index contributed by atoms with van der Waals surface area (Å²) in [6.07, 6.45) is 2.72. The molecule has 0 saturated carbocycles. The summed E-state index contributed by atoms with van der Waals surface area (Å²) in [5.41, 5.74) is -0.328. The molecule has 0 spiro atoms. The van der Waals surface area contributed by atoms with Crippen molar-refractivity contribution in [3.63, 3.8) is 0 Å². The lowest BCUT2D eigenvalue weighted by atomic mass is 10.5. The predicted octanol–water partition coefficient (Wildman–Crippen LogP) is 0.572. The molecule has 0 aliphatic rings. The van der Waals surface area contributed by atoms with Crippen molar-refractivity contribution in [3.8, 4) is 0 Å². The summed E-state index contributed by atoms with van der Waals surface area (Å²) >= 11 is 0. The summed E-state index contributed by atoms with van der Waals surface area (Å²) in [5.74, 6) is 0. The van der Waals surface area contributed by atoms with E-state index in [1.54, 1.807) is 6.92 Å². The first-order chi connectivity index (χ1) is 7.52. The van der Waals surface area contributed by atoms with Crippen LogP contribution in [0.25, 0.3) is 0 Å². The Balaban J connectivity index is 3.14. The van der Waals surface area contributed by atoms with Gasteiger partial charge in [-0.2, -0.15) is 4.31 Å². The zero-order valence-corrected chi connectivity index (χ0v) is 9.83. The van der Waals surface area contributed by atoms with Gasteiger partial charge in [0, 0.05) is 25.4 Å². The second-order valence-electron chi connectivity index (χ2n) is 3.13. The number of nitrogens with one attached hydrogen (secondary N) is 1. The van der Waals surface area contributed by atoms with Crippen LogP contribution < -0.4 is 5.56 Å². The number of nitrogens with zero attached hydrogens (tertiary/aromatic N) is 1. The van der Waals surface area contributed by atoms with Gasteiger partial charge in [0.05, 0.1) is 4.90 Å². The van der Waals surface area contributed by atoms with Gasteiger partial charge in [0.25, 0.3) is 0 Å². The average molecular weight is 242 g/mol. The fourth-order valence-electron chi connectivity index (χ4n) is 1.25. The molecule has 0 amide bonds. The fraction of sp³-hybridized carbons (Fsp3) is 0.300. The summed E-state index contributed by atoms with van der Waals surface area (Å²) in [5, 5.41) is 0. The Kier molecular flexibility index (Phi) is 4.03. The molecule has 16 heavy (non-hydrogen) atoms. The monoisotopic (exact) mass is 242 g/mol. The van der Waals surface area contributed by atoms with Gasteiger partial charge < -0.3 is 4.98 Å². The van der Waals surface area contributed by atoms with Crippen LogP contribution >= 0.6 is 0 Å². The summed E-state index contributed by atoms with van der Waals surface area (Å²) in [4.78, 5) is 13.3. The normalized spacial score (nSPS) is 11.6. The molecule has 0 aliphatic heterocycles. The largest absolute Gasteiger partial charge is 0.328 e. The Labute approximate surface area is 94.5 Å². The Morgan fingerprint density at radius 3 is 2.62 bits per heavy atom. The summed E-state index contributed by atoms with van der Waals surface area (Å²) < 4.78 is 25.3. The van der Waals surface area contributed by atoms with Gasteiger partial charge in [-0.05, 0) is 6.07 Å². The molecule has 0 unspecified atom stereocenters. The van der Waals surface area contributed by atoms with Crippen molar-refractivity contribution >= 4 is 10.0 Å². The maximum atomic E-state index is 12.0. The maximum absolute atomic E-state index is 12.0. The molecule has 6 heteroatoms. The van der Waals surface area contributed by atoms with E-state index < -0.39 is 10.0 Å². The standard InChI is InChI=1S/C10H14N2O3S/c1-3-7-12(4-2)16(14,15)9-5-6-10(13)11-8-9/h3,5-6,8H,1,4,7H2,2H3,(H,11,13). The minimum absolute atomic E-state index is 0.0794. The number of aromatic nitrogens is 1. The van der Waals surface area contributed by atoms with Crippen LogP contribution in [0.3, 0.4) is 0 Å². The summed E-state index contributed by atoms with van der Waals surface area (Å²) in [6.45, 7) is 5.85. The van der Waals surface area contributed by atoms with E-state index in [0.29, 0.717) is 6.54 Å². The molecule has 1 aromatic rings. The molecule has 1 rings (SSSR count). The highest BCUT2D eigenvalue weighted by molar-refractivity contribution is 7.89. The van der Waals surface area contributed by atoms with Crippen LogP contribution in [0.5, 0.6) is 0 Å². The molecule has 0 saturated heterocycles. The molecule has 0 radical (unpaired) electrons. The fourth-order valence-corrected chi connectivity index (χ4v) is 2.63. The smallest absolute Gasteiger partial charge is 0.247 e.